The van der Waals surface area contributed by atoms with Gasteiger partial charge in [0.15, 0.2) is 12.6 Å². The maximum Gasteiger partial charge on any atom is 0.410 e. The molecule has 9 rings (SSSR count). The molecular formula is C43H47F3N6O5. The van der Waals surface area contributed by atoms with Crippen molar-refractivity contribution in [2.75, 3.05) is 45.0 Å². The number of nitrogens with zero attached hydrogens (tertiary/aromatic N) is 6. The van der Waals surface area contributed by atoms with Gasteiger partial charge in [-0.25, -0.2) is 22.9 Å². The number of anilines is 1. The third-order valence-electron chi connectivity index (χ3n) is 12.5. The molecular weight excluding hydrogens is 738 g/mol. The predicted molar refractivity (Wildman–Crippen MR) is 208 cm³/mol. The van der Waals surface area contributed by atoms with Crippen LogP contribution in [0.25, 0.3) is 32.9 Å². The highest BCUT2D eigenvalue weighted by atomic mass is 19.1. The number of alkyl halides is 1. The van der Waals surface area contributed by atoms with Gasteiger partial charge in [-0.2, -0.15) is 9.97 Å². The molecule has 0 aliphatic carbocycles. The van der Waals surface area contributed by atoms with Crippen LogP contribution in [0.2, 0.25) is 0 Å². The lowest BCUT2D eigenvalue weighted by Crippen LogP contribution is -2.62. The van der Waals surface area contributed by atoms with Crippen LogP contribution in [0.15, 0.2) is 24.3 Å². The number of hydrogen-bond acceptors (Lipinski definition) is 10. The topological polar surface area (TPSA) is 102 Å². The molecule has 4 saturated heterocycles. The first-order chi connectivity index (χ1) is 27.3. The Labute approximate surface area is 329 Å². The fourth-order valence-electron chi connectivity index (χ4n) is 10.2. The van der Waals surface area contributed by atoms with E-state index in [-0.39, 0.29) is 71.9 Å². The number of methoxy groups -OCH3 is 1. The van der Waals surface area contributed by atoms with Crippen LogP contribution in [0, 0.1) is 24.0 Å². The molecule has 0 N–H and O–H groups in total. The lowest BCUT2D eigenvalue weighted by Gasteiger charge is -2.47. The summed E-state index contributed by atoms with van der Waals surface area (Å²) in [4.78, 5) is 34.8. The van der Waals surface area contributed by atoms with Crippen LogP contribution in [-0.2, 0) is 9.47 Å². The van der Waals surface area contributed by atoms with Gasteiger partial charge in [0.1, 0.15) is 47.0 Å². The number of aromatic nitrogens is 3. The summed E-state index contributed by atoms with van der Waals surface area (Å²) >= 11 is 0. The van der Waals surface area contributed by atoms with E-state index in [9.17, 15) is 9.18 Å². The highest BCUT2D eigenvalue weighted by Crippen LogP contribution is 2.49. The average molecular weight is 785 g/mol. The zero-order chi connectivity index (χ0) is 40.0. The summed E-state index contributed by atoms with van der Waals surface area (Å²) in [5.74, 6) is 1.64. The fraction of sp³-hybridized carbons (Fsp3) is 0.535. The van der Waals surface area contributed by atoms with Gasteiger partial charge in [0, 0.05) is 43.5 Å². The number of hydrogen-bond donors (Lipinski definition) is 0. The van der Waals surface area contributed by atoms with Crippen molar-refractivity contribution < 1.29 is 36.9 Å². The first kappa shape index (κ1) is 37.7. The summed E-state index contributed by atoms with van der Waals surface area (Å²) < 4.78 is 71.2. The molecule has 7 heterocycles. The molecule has 1 amide bonds. The van der Waals surface area contributed by atoms with Gasteiger partial charge in [-0.05, 0) is 83.0 Å². The molecule has 57 heavy (non-hydrogen) atoms. The number of pyridine rings is 1. The van der Waals surface area contributed by atoms with Crippen LogP contribution in [-0.4, -0.2) is 106 Å². The van der Waals surface area contributed by atoms with Crippen molar-refractivity contribution in [1.82, 2.24) is 24.8 Å². The van der Waals surface area contributed by atoms with E-state index < -0.39 is 28.9 Å². The van der Waals surface area contributed by atoms with Gasteiger partial charge in [0.2, 0.25) is 0 Å². The Morgan fingerprint density at radius 2 is 1.89 bits per heavy atom. The van der Waals surface area contributed by atoms with Crippen molar-refractivity contribution in [3.05, 3.63) is 47.2 Å². The molecule has 0 radical (unpaired) electrons. The number of halogens is 3. The van der Waals surface area contributed by atoms with E-state index >= 15 is 8.78 Å². The second-order valence-electron chi connectivity index (χ2n) is 17.3. The smallest absolute Gasteiger partial charge is 0.410 e. The quantitative estimate of drug-likeness (QED) is 0.138. The highest BCUT2D eigenvalue weighted by Gasteiger charge is 2.53. The lowest BCUT2D eigenvalue weighted by atomic mass is 9.91. The van der Waals surface area contributed by atoms with Crippen LogP contribution in [0.4, 0.5) is 23.8 Å². The molecule has 11 nitrogen and oxygen atoms in total. The zero-order valence-electron chi connectivity index (χ0n) is 32.9. The van der Waals surface area contributed by atoms with Crippen LogP contribution in [0.5, 0.6) is 11.8 Å². The Morgan fingerprint density at radius 1 is 1.07 bits per heavy atom. The van der Waals surface area contributed by atoms with Gasteiger partial charge < -0.3 is 23.8 Å². The van der Waals surface area contributed by atoms with Gasteiger partial charge in [-0.1, -0.05) is 18.9 Å². The molecule has 2 aromatic carbocycles. The van der Waals surface area contributed by atoms with Crippen molar-refractivity contribution in [2.45, 2.75) is 108 Å². The first-order valence-electron chi connectivity index (χ1n) is 19.8. The number of carbonyl (C=O) groups excluding carboxylic acids is 1. The van der Waals surface area contributed by atoms with E-state index in [2.05, 4.69) is 15.7 Å². The number of carbonyl (C=O) groups is 1. The molecule has 4 aromatic rings. The average Bonchev–Trinajstić information content (AvgIpc) is 3.79. The molecule has 0 unspecified atom stereocenters. The van der Waals surface area contributed by atoms with Crippen LogP contribution < -0.4 is 14.4 Å². The van der Waals surface area contributed by atoms with Crippen molar-refractivity contribution in [3.63, 3.8) is 0 Å². The maximum absolute atomic E-state index is 17.7. The van der Waals surface area contributed by atoms with Gasteiger partial charge in [-0.3, -0.25) is 9.80 Å². The summed E-state index contributed by atoms with van der Waals surface area (Å²) in [6.45, 7) is 9.26. The molecule has 6 atom stereocenters. The molecule has 2 aromatic heterocycles. The minimum Gasteiger partial charge on any atom is -0.468 e. The highest BCUT2D eigenvalue weighted by molar-refractivity contribution is 6.04. The maximum atomic E-state index is 17.7. The number of ether oxygens (including phenoxy) is 4. The Morgan fingerprint density at radius 3 is 2.67 bits per heavy atom. The van der Waals surface area contributed by atoms with E-state index in [4.69, 9.17) is 40.3 Å². The van der Waals surface area contributed by atoms with E-state index in [1.165, 1.54) is 13.2 Å². The Kier molecular flexibility index (Phi) is 9.19. The number of rotatable bonds is 7. The normalized spacial score (nSPS) is 26.7. The van der Waals surface area contributed by atoms with E-state index in [1.54, 1.807) is 18.2 Å². The molecule has 0 saturated carbocycles. The molecule has 5 aliphatic heterocycles. The fourth-order valence-corrected chi connectivity index (χ4v) is 10.2. The summed E-state index contributed by atoms with van der Waals surface area (Å²) in [6.07, 6.45) is 8.74. The van der Waals surface area contributed by atoms with Crippen LogP contribution >= 0.6 is 0 Å². The standard InChI is InChI=1S/C43H47F3N6O5/c1-7-28-30(45)11-9-24-16-27(56-22-54-6)17-29(33(24)28)37-35(46)38-34-36(47-37)23(2)15-32-31-12-10-26(52(31)41(53)57-42(3,4)5)20-51(32)39(34)49-40(48-38)55-21-43-13-8-14-50(43)19-25(44)18-43/h1,9,11,16-17,23,25-26,31-32H,8,10,12-15,18-22H2,2-6H3/t23-,25-,26-,31+,32+,43+/m1/s1. The first-order valence-corrected chi connectivity index (χ1v) is 19.8. The number of terminal acetylenes is 1. The minimum absolute atomic E-state index is 0.00462. The third-order valence-corrected chi connectivity index (χ3v) is 12.5. The molecule has 2 bridgehead atoms. The monoisotopic (exact) mass is 784 g/mol. The number of amides is 1. The Balaban J connectivity index is 1.23. The number of piperazine rings is 1. The van der Waals surface area contributed by atoms with Crippen LogP contribution in [0.1, 0.15) is 83.4 Å². The number of fused-ring (bicyclic) bond motifs is 7. The SMILES string of the molecule is C#Cc1c(F)ccc2cc(OCOC)cc(-c3nc4c5c(nc(OC[C@@]67CCCN6C[C@H](F)C7)nc5c3F)N3C[C@H]5CC[C@@H]([C@@H]3C[C@H]4C)N5C(=O)OC(C)(C)C)c12. The molecule has 300 valence electrons. The summed E-state index contributed by atoms with van der Waals surface area (Å²) in [7, 11) is 1.49. The second-order valence-corrected chi connectivity index (χ2v) is 17.3. The van der Waals surface area contributed by atoms with Gasteiger partial charge >= 0.3 is 12.1 Å². The van der Waals surface area contributed by atoms with E-state index in [1.807, 2.05) is 32.6 Å². The molecule has 4 fully saturated rings. The van der Waals surface area contributed by atoms with E-state index in [0.29, 0.717) is 59.4 Å². The molecule has 5 aliphatic rings. The number of benzene rings is 2. The van der Waals surface area contributed by atoms with Crippen molar-refractivity contribution in [3.8, 4) is 35.4 Å². The van der Waals surface area contributed by atoms with E-state index in [0.717, 1.165) is 32.2 Å². The summed E-state index contributed by atoms with van der Waals surface area (Å²) in [5, 5.41) is 1.28. The summed E-state index contributed by atoms with van der Waals surface area (Å²) in [6, 6.07) is 5.53. The Hall–Kier alpha value is -4.87. The third kappa shape index (κ3) is 6.29. The molecule has 14 heteroatoms. The summed E-state index contributed by atoms with van der Waals surface area (Å²) in [5.41, 5.74) is -0.494. The van der Waals surface area contributed by atoms with Crippen molar-refractivity contribution in [1.29, 1.82) is 0 Å². The largest absolute Gasteiger partial charge is 0.468 e. The zero-order valence-corrected chi connectivity index (χ0v) is 32.9. The lowest BCUT2D eigenvalue weighted by molar-refractivity contribution is 0.00691. The van der Waals surface area contributed by atoms with Crippen molar-refractivity contribution >= 4 is 33.6 Å². The minimum atomic E-state index is -0.958. The van der Waals surface area contributed by atoms with Crippen LogP contribution in [0.3, 0.4) is 0 Å². The van der Waals surface area contributed by atoms with Gasteiger partial charge in [-0.15, -0.1) is 6.42 Å². The van der Waals surface area contributed by atoms with Gasteiger partial charge in [0.05, 0.1) is 40.3 Å². The second kappa shape index (κ2) is 13.9. The molecule has 0 spiro atoms. The Bertz CT molecular complexity index is 2330. The van der Waals surface area contributed by atoms with Gasteiger partial charge in [0.25, 0.3) is 0 Å². The van der Waals surface area contributed by atoms with Crippen molar-refractivity contribution in [2.24, 2.45) is 0 Å². The predicted octanol–water partition coefficient (Wildman–Crippen LogP) is 7.51.